The normalized spacial score (nSPS) is 10.1. The van der Waals surface area contributed by atoms with Gasteiger partial charge in [0.25, 0.3) is 0 Å². The highest BCUT2D eigenvalue weighted by molar-refractivity contribution is 5.21. The predicted molar refractivity (Wildman–Crippen MR) is 54.9 cm³/mol. The lowest BCUT2D eigenvalue weighted by atomic mass is 10.1. The molecule has 0 fully saturated rings. The molecule has 0 bridgehead atoms. The van der Waals surface area contributed by atoms with E-state index in [0.29, 0.717) is 0 Å². The van der Waals surface area contributed by atoms with Crippen LogP contribution in [-0.2, 0) is 6.42 Å². The van der Waals surface area contributed by atoms with E-state index >= 15 is 0 Å². The Bertz CT molecular complexity index is 410. The predicted octanol–water partition coefficient (Wildman–Crippen LogP) is 2.18. The van der Waals surface area contributed by atoms with Gasteiger partial charge < -0.3 is 0 Å². The molecule has 2 heteroatoms. The number of benzene rings is 1. The molecule has 0 saturated carbocycles. The van der Waals surface area contributed by atoms with Crippen LogP contribution in [0.3, 0.4) is 0 Å². The molecular weight excluding hydrogens is 172 g/mol. The molecule has 69 valence electrons. The maximum absolute atomic E-state index is 4.10. The van der Waals surface area contributed by atoms with Crippen molar-refractivity contribution < 1.29 is 0 Å². The standard InChI is InChI=1S/C12H11N2/c1-10-7-12(14-9-13-10)8-11-5-3-2-4-6-11/h2-7H,8H2,1H3. The minimum Gasteiger partial charge on any atom is -0.231 e. The Morgan fingerprint density at radius 1 is 1.14 bits per heavy atom. The van der Waals surface area contributed by atoms with Gasteiger partial charge >= 0.3 is 0 Å². The molecule has 0 amide bonds. The molecule has 2 nitrogen and oxygen atoms in total. The van der Waals surface area contributed by atoms with E-state index in [9.17, 15) is 0 Å². The van der Waals surface area contributed by atoms with Crippen LogP contribution in [0, 0.1) is 13.3 Å². The van der Waals surface area contributed by atoms with Gasteiger partial charge in [-0.15, -0.1) is 0 Å². The van der Waals surface area contributed by atoms with Crippen molar-refractivity contribution in [1.29, 1.82) is 0 Å². The third kappa shape index (κ3) is 2.16. The Kier molecular flexibility index (Phi) is 2.54. The number of rotatable bonds is 2. The Labute approximate surface area is 83.7 Å². The first-order chi connectivity index (χ1) is 6.84. The maximum atomic E-state index is 4.10. The average Bonchev–Trinajstić information content (AvgIpc) is 2.19. The van der Waals surface area contributed by atoms with E-state index in [0.717, 1.165) is 17.8 Å². The summed E-state index contributed by atoms with van der Waals surface area (Å²) in [5.74, 6) is 0. The quantitative estimate of drug-likeness (QED) is 0.713. The zero-order valence-corrected chi connectivity index (χ0v) is 8.07. The van der Waals surface area contributed by atoms with Crippen molar-refractivity contribution in [3.05, 3.63) is 59.7 Å². The fourth-order valence-corrected chi connectivity index (χ4v) is 1.37. The zero-order chi connectivity index (χ0) is 9.80. The van der Waals surface area contributed by atoms with Gasteiger partial charge in [-0.1, -0.05) is 30.3 Å². The third-order valence-electron chi connectivity index (χ3n) is 2.02. The molecule has 1 aromatic carbocycles. The van der Waals surface area contributed by atoms with E-state index < -0.39 is 0 Å². The Hall–Kier alpha value is -1.70. The lowest BCUT2D eigenvalue weighted by molar-refractivity contribution is 0.989. The van der Waals surface area contributed by atoms with Crippen molar-refractivity contribution in [1.82, 2.24) is 9.97 Å². The molecule has 2 rings (SSSR count). The van der Waals surface area contributed by atoms with Gasteiger partial charge in [0, 0.05) is 17.8 Å². The highest BCUT2D eigenvalue weighted by Crippen LogP contribution is 2.06. The molecule has 0 unspecified atom stereocenters. The molecule has 0 saturated heterocycles. The molecule has 14 heavy (non-hydrogen) atoms. The number of hydrogen-bond acceptors (Lipinski definition) is 2. The molecule has 0 spiro atoms. The minimum atomic E-state index is 0.848. The number of hydrogen-bond donors (Lipinski definition) is 0. The van der Waals surface area contributed by atoms with Crippen molar-refractivity contribution >= 4 is 0 Å². The minimum absolute atomic E-state index is 0.848. The maximum Gasteiger partial charge on any atom is 0.198 e. The molecule has 0 aliphatic rings. The van der Waals surface area contributed by atoms with Crippen LogP contribution in [0.4, 0.5) is 0 Å². The summed E-state index contributed by atoms with van der Waals surface area (Å²) in [4.78, 5) is 8.04. The summed E-state index contributed by atoms with van der Waals surface area (Å²) in [5.41, 5.74) is 3.24. The summed E-state index contributed by atoms with van der Waals surface area (Å²) in [6.07, 6.45) is 3.50. The van der Waals surface area contributed by atoms with Crippen molar-refractivity contribution in [3.8, 4) is 0 Å². The highest BCUT2D eigenvalue weighted by atomic mass is 14.8. The Morgan fingerprint density at radius 2 is 1.93 bits per heavy atom. The van der Waals surface area contributed by atoms with Crippen molar-refractivity contribution in [2.45, 2.75) is 13.3 Å². The Morgan fingerprint density at radius 3 is 2.64 bits per heavy atom. The molecular formula is C12H11N2. The lowest BCUT2D eigenvalue weighted by Gasteiger charge is -2.00. The molecule has 1 aromatic heterocycles. The van der Waals surface area contributed by atoms with Crippen LogP contribution in [0.25, 0.3) is 0 Å². The van der Waals surface area contributed by atoms with E-state index in [1.807, 2.05) is 31.2 Å². The van der Waals surface area contributed by atoms with Crippen LogP contribution < -0.4 is 0 Å². The van der Waals surface area contributed by atoms with Crippen molar-refractivity contribution in [2.75, 3.05) is 0 Å². The summed E-state index contributed by atoms with van der Waals surface area (Å²) in [6.45, 7) is 1.95. The SMILES string of the molecule is Cc1cc(Cc2ccccc2)n[c]n1. The van der Waals surface area contributed by atoms with E-state index in [1.165, 1.54) is 5.56 Å². The molecule has 2 aromatic rings. The van der Waals surface area contributed by atoms with E-state index in [2.05, 4.69) is 28.4 Å². The molecule has 0 N–H and O–H groups in total. The second-order valence-corrected chi connectivity index (χ2v) is 3.26. The fourth-order valence-electron chi connectivity index (χ4n) is 1.37. The summed E-state index contributed by atoms with van der Waals surface area (Å²) in [5, 5.41) is 0. The van der Waals surface area contributed by atoms with Crippen LogP contribution in [0.1, 0.15) is 17.0 Å². The van der Waals surface area contributed by atoms with Gasteiger partial charge in [-0.2, -0.15) is 0 Å². The summed E-state index contributed by atoms with van der Waals surface area (Å²) < 4.78 is 0. The fraction of sp³-hybridized carbons (Fsp3) is 0.167. The first-order valence-corrected chi connectivity index (χ1v) is 4.59. The van der Waals surface area contributed by atoms with Crippen LogP contribution in [-0.4, -0.2) is 9.97 Å². The first-order valence-electron chi connectivity index (χ1n) is 4.59. The second kappa shape index (κ2) is 4.01. The first kappa shape index (κ1) is 8.88. The molecule has 0 aliphatic heterocycles. The van der Waals surface area contributed by atoms with Crippen LogP contribution in [0.15, 0.2) is 36.4 Å². The average molecular weight is 183 g/mol. The van der Waals surface area contributed by atoms with Crippen molar-refractivity contribution in [2.24, 2.45) is 0 Å². The summed E-state index contributed by atoms with van der Waals surface area (Å²) in [7, 11) is 0. The number of nitrogens with zero attached hydrogens (tertiary/aromatic N) is 2. The summed E-state index contributed by atoms with van der Waals surface area (Å²) in [6, 6.07) is 12.3. The number of aryl methyl sites for hydroxylation is 1. The molecule has 1 radical (unpaired) electrons. The molecule has 0 aliphatic carbocycles. The smallest absolute Gasteiger partial charge is 0.198 e. The largest absolute Gasteiger partial charge is 0.231 e. The van der Waals surface area contributed by atoms with Crippen molar-refractivity contribution in [3.63, 3.8) is 0 Å². The van der Waals surface area contributed by atoms with Gasteiger partial charge in [0.1, 0.15) is 0 Å². The third-order valence-corrected chi connectivity index (χ3v) is 2.02. The monoisotopic (exact) mass is 183 g/mol. The van der Waals surface area contributed by atoms with Crippen LogP contribution in [0.5, 0.6) is 0 Å². The Balaban J connectivity index is 2.19. The van der Waals surface area contributed by atoms with E-state index in [1.54, 1.807) is 0 Å². The van der Waals surface area contributed by atoms with Gasteiger partial charge in [0.05, 0.1) is 0 Å². The zero-order valence-electron chi connectivity index (χ0n) is 8.07. The second-order valence-electron chi connectivity index (χ2n) is 3.26. The van der Waals surface area contributed by atoms with Crippen LogP contribution in [0.2, 0.25) is 0 Å². The topological polar surface area (TPSA) is 25.8 Å². The lowest BCUT2D eigenvalue weighted by Crippen LogP contribution is -1.94. The number of aromatic nitrogens is 2. The molecule has 1 heterocycles. The van der Waals surface area contributed by atoms with Gasteiger partial charge in [-0.3, -0.25) is 0 Å². The van der Waals surface area contributed by atoms with Gasteiger partial charge in [0.2, 0.25) is 0 Å². The summed E-state index contributed by atoms with van der Waals surface area (Å²) >= 11 is 0. The van der Waals surface area contributed by atoms with E-state index in [-0.39, 0.29) is 0 Å². The molecule has 0 atom stereocenters. The van der Waals surface area contributed by atoms with E-state index in [4.69, 9.17) is 0 Å². The van der Waals surface area contributed by atoms with Gasteiger partial charge in [-0.05, 0) is 18.6 Å². The highest BCUT2D eigenvalue weighted by Gasteiger charge is 1.97. The van der Waals surface area contributed by atoms with Gasteiger partial charge in [0.15, 0.2) is 6.33 Å². The van der Waals surface area contributed by atoms with Crippen LogP contribution >= 0.6 is 0 Å². The van der Waals surface area contributed by atoms with Gasteiger partial charge in [-0.25, -0.2) is 9.97 Å².